The number of amides is 1. The lowest BCUT2D eigenvalue weighted by Gasteiger charge is -2.37. The molecule has 0 aliphatic carbocycles. The third-order valence-corrected chi connectivity index (χ3v) is 12.6. The first-order valence-electron chi connectivity index (χ1n) is 14.1. The van der Waals surface area contributed by atoms with Gasteiger partial charge in [0.25, 0.3) is 5.91 Å². The summed E-state index contributed by atoms with van der Waals surface area (Å²) >= 11 is 0. The maximum atomic E-state index is 13.4. The Morgan fingerprint density at radius 1 is 0.927 bits per heavy atom. The predicted octanol–water partition coefficient (Wildman–Crippen LogP) is 7.64. The fourth-order valence-corrected chi connectivity index (χ4v) is 5.60. The maximum absolute atomic E-state index is 13.4. The minimum Gasteiger partial charge on any atom is -0.469 e. The van der Waals surface area contributed by atoms with Crippen molar-refractivity contribution in [2.24, 2.45) is 5.92 Å². The Morgan fingerprint density at radius 2 is 1.59 bits per heavy atom. The van der Waals surface area contributed by atoms with Crippen LogP contribution in [0.2, 0.25) is 18.1 Å². The summed E-state index contributed by atoms with van der Waals surface area (Å²) in [5, 5.41) is 4.21. The summed E-state index contributed by atoms with van der Waals surface area (Å²) < 4.78 is 17.7. The Labute approximate surface area is 244 Å². The SMILES string of the molecule is COC(=O)C(Cc1ccccc1)CC(CO[Si](C)(C)C(C)(C)C)NC(=O)c1ccc(-c2cc3ccccc3o2)cc1. The van der Waals surface area contributed by atoms with Crippen LogP contribution in [0.5, 0.6) is 0 Å². The van der Waals surface area contributed by atoms with Gasteiger partial charge in [-0.25, -0.2) is 0 Å². The van der Waals surface area contributed by atoms with Crippen LogP contribution in [0.3, 0.4) is 0 Å². The van der Waals surface area contributed by atoms with Crippen LogP contribution >= 0.6 is 0 Å². The molecule has 1 amide bonds. The van der Waals surface area contributed by atoms with E-state index in [1.807, 2.05) is 72.8 Å². The van der Waals surface area contributed by atoms with E-state index < -0.39 is 14.2 Å². The van der Waals surface area contributed by atoms with Crippen LogP contribution in [0.1, 0.15) is 43.1 Å². The van der Waals surface area contributed by atoms with Crippen molar-refractivity contribution in [1.29, 1.82) is 0 Å². The van der Waals surface area contributed by atoms with Gasteiger partial charge in [-0.15, -0.1) is 0 Å². The lowest BCUT2D eigenvalue weighted by molar-refractivity contribution is -0.145. The monoisotopic (exact) mass is 571 g/mol. The summed E-state index contributed by atoms with van der Waals surface area (Å²) in [5.41, 5.74) is 3.29. The Kier molecular flexibility index (Phi) is 9.51. The number of carbonyl (C=O) groups excluding carboxylic acids is 2. The van der Waals surface area contributed by atoms with Gasteiger partial charge in [-0.1, -0.05) is 81.4 Å². The molecule has 1 heterocycles. The number of hydrogen-bond acceptors (Lipinski definition) is 5. The van der Waals surface area contributed by atoms with Crippen molar-refractivity contribution in [3.63, 3.8) is 0 Å². The number of methoxy groups -OCH3 is 1. The molecule has 0 spiro atoms. The van der Waals surface area contributed by atoms with Crippen molar-refractivity contribution < 1.29 is 23.2 Å². The smallest absolute Gasteiger partial charge is 0.309 e. The van der Waals surface area contributed by atoms with E-state index in [1.54, 1.807) is 12.1 Å². The minimum absolute atomic E-state index is 0.0137. The summed E-state index contributed by atoms with van der Waals surface area (Å²) in [6.07, 6.45) is 0.922. The topological polar surface area (TPSA) is 77.8 Å². The second-order valence-corrected chi connectivity index (χ2v) is 16.9. The zero-order chi connectivity index (χ0) is 29.6. The second kappa shape index (κ2) is 12.9. The van der Waals surface area contributed by atoms with Crippen LogP contribution in [0, 0.1) is 5.92 Å². The zero-order valence-corrected chi connectivity index (χ0v) is 25.9. The molecule has 7 heteroatoms. The van der Waals surface area contributed by atoms with Crippen LogP contribution in [-0.2, 0) is 20.4 Å². The standard InChI is InChI=1S/C34H41NO5Si/c1-34(2,3)41(5,6)39-23-29(21-28(33(37)38-4)20-24-12-8-7-9-13-24)35-32(36)26-18-16-25(17-19-26)31-22-27-14-10-11-15-30(27)40-31/h7-19,22,28-29H,20-21,23H2,1-6H3,(H,35,36). The molecule has 216 valence electrons. The number of rotatable bonds is 11. The Bertz CT molecular complexity index is 1420. The van der Waals surface area contributed by atoms with Gasteiger partial charge in [-0.05, 0) is 60.8 Å². The summed E-state index contributed by atoms with van der Waals surface area (Å²) in [6, 6.07) is 26.7. The van der Waals surface area contributed by atoms with Crippen molar-refractivity contribution in [3.8, 4) is 11.3 Å². The lowest BCUT2D eigenvalue weighted by Crippen LogP contribution is -2.47. The number of carbonyl (C=O) groups is 2. The second-order valence-electron chi connectivity index (χ2n) is 12.1. The average Bonchev–Trinajstić information content (AvgIpc) is 3.39. The maximum Gasteiger partial charge on any atom is 0.309 e. The highest BCUT2D eigenvalue weighted by molar-refractivity contribution is 6.74. The Morgan fingerprint density at radius 3 is 2.22 bits per heavy atom. The van der Waals surface area contributed by atoms with Crippen molar-refractivity contribution >= 4 is 31.2 Å². The van der Waals surface area contributed by atoms with Crippen LogP contribution in [0.25, 0.3) is 22.3 Å². The fourth-order valence-electron chi connectivity index (χ4n) is 4.54. The first-order chi connectivity index (χ1) is 19.5. The molecule has 0 radical (unpaired) electrons. The van der Waals surface area contributed by atoms with Crippen molar-refractivity contribution in [2.45, 2.75) is 57.8 Å². The highest BCUT2D eigenvalue weighted by Crippen LogP contribution is 2.37. The highest BCUT2D eigenvalue weighted by atomic mass is 28.4. The van der Waals surface area contributed by atoms with Crippen LogP contribution in [0.4, 0.5) is 0 Å². The van der Waals surface area contributed by atoms with Gasteiger partial charge in [0.15, 0.2) is 8.32 Å². The van der Waals surface area contributed by atoms with Gasteiger partial charge in [-0.2, -0.15) is 0 Å². The molecule has 3 aromatic carbocycles. The largest absolute Gasteiger partial charge is 0.469 e. The molecule has 2 atom stereocenters. The van der Waals surface area contributed by atoms with E-state index in [2.05, 4.69) is 39.2 Å². The van der Waals surface area contributed by atoms with Gasteiger partial charge in [-0.3, -0.25) is 9.59 Å². The minimum atomic E-state index is -2.10. The molecule has 0 fully saturated rings. The number of benzene rings is 3. The molecule has 4 aromatic rings. The summed E-state index contributed by atoms with van der Waals surface area (Å²) in [4.78, 5) is 26.3. The molecule has 41 heavy (non-hydrogen) atoms. The highest BCUT2D eigenvalue weighted by Gasteiger charge is 2.38. The van der Waals surface area contributed by atoms with Gasteiger partial charge in [0, 0.05) is 16.5 Å². The van der Waals surface area contributed by atoms with Gasteiger partial charge >= 0.3 is 5.97 Å². The number of hydrogen-bond donors (Lipinski definition) is 1. The average molecular weight is 572 g/mol. The number of para-hydroxylation sites is 1. The molecule has 1 aromatic heterocycles. The number of fused-ring (bicyclic) bond motifs is 1. The molecule has 0 bridgehead atoms. The lowest BCUT2D eigenvalue weighted by atomic mass is 9.92. The van der Waals surface area contributed by atoms with Crippen LogP contribution < -0.4 is 5.32 Å². The first kappa shape index (κ1) is 30.3. The van der Waals surface area contributed by atoms with E-state index >= 15 is 0 Å². The van der Waals surface area contributed by atoms with E-state index in [4.69, 9.17) is 13.6 Å². The third-order valence-electron chi connectivity index (χ3n) is 8.07. The Balaban J connectivity index is 1.52. The van der Waals surface area contributed by atoms with Gasteiger partial charge in [0.2, 0.25) is 0 Å². The molecule has 2 unspecified atom stereocenters. The normalized spacial score (nSPS) is 13.5. The molecule has 1 N–H and O–H groups in total. The third kappa shape index (κ3) is 7.74. The number of esters is 1. The molecule has 0 saturated carbocycles. The van der Waals surface area contributed by atoms with Gasteiger partial charge in [0.1, 0.15) is 11.3 Å². The molecule has 0 saturated heterocycles. The predicted molar refractivity (Wildman–Crippen MR) is 166 cm³/mol. The quantitative estimate of drug-likeness (QED) is 0.148. The Hall–Kier alpha value is -3.68. The van der Waals surface area contributed by atoms with Crippen molar-refractivity contribution in [3.05, 3.63) is 96.1 Å². The summed E-state index contributed by atoms with van der Waals surface area (Å²) in [6.45, 7) is 11.2. The number of nitrogens with one attached hydrogen (secondary N) is 1. The van der Waals surface area contributed by atoms with Crippen molar-refractivity contribution in [1.82, 2.24) is 5.32 Å². The summed E-state index contributed by atoms with van der Waals surface area (Å²) in [7, 11) is -0.689. The van der Waals surface area contributed by atoms with Gasteiger partial charge < -0.3 is 18.9 Å². The fraction of sp³-hybridized carbons (Fsp3) is 0.353. The van der Waals surface area contributed by atoms with E-state index in [0.717, 1.165) is 27.9 Å². The van der Waals surface area contributed by atoms with Crippen LogP contribution in [-0.4, -0.2) is 40.0 Å². The zero-order valence-electron chi connectivity index (χ0n) is 24.9. The molecule has 4 rings (SSSR count). The molecule has 0 aliphatic heterocycles. The molecule has 6 nitrogen and oxygen atoms in total. The van der Waals surface area contributed by atoms with E-state index in [-0.39, 0.29) is 23.0 Å². The van der Waals surface area contributed by atoms with Crippen LogP contribution in [0.15, 0.2) is 89.3 Å². The van der Waals surface area contributed by atoms with E-state index in [0.29, 0.717) is 25.0 Å². The van der Waals surface area contributed by atoms with Gasteiger partial charge in [0.05, 0.1) is 25.7 Å². The van der Waals surface area contributed by atoms with Crippen molar-refractivity contribution in [2.75, 3.05) is 13.7 Å². The number of furan rings is 1. The molecular weight excluding hydrogens is 530 g/mol. The summed E-state index contributed by atoms with van der Waals surface area (Å²) in [5.74, 6) is -0.184. The first-order valence-corrected chi connectivity index (χ1v) is 17.0. The van der Waals surface area contributed by atoms with E-state index in [1.165, 1.54) is 7.11 Å². The van der Waals surface area contributed by atoms with E-state index in [9.17, 15) is 9.59 Å². The molecule has 0 aliphatic rings. The number of ether oxygens (including phenoxy) is 1. The molecular formula is C34H41NO5Si.